The Bertz CT molecular complexity index is 270. The van der Waals surface area contributed by atoms with Crippen LogP contribution in [0.4, 0.5) is 0 Å². The third kappa shape index (κ3) is 6.32. The van der Waals surface area contributed by atoms with Crippen molar-refractivity contribution in [2.24, 2.45) is 5.73 Å². The minimum atomic E-state index is -3.06. The van der Waals surface area contributed by atoms with E-state index < -0.39 is 9.84 Å². The summed E-state index contributed by atoms with van der Waals surface area (Å²) in [6, 6.07) is -0.0386. The van der Waals surface area contributed by atoms with Gasteiger partial charge in [0.2, 0.25) is 0 Å². The molecule has 0 radical (unpaired) electrons. The summed E-state index contributed by atoms with van der Waals surface area (Å²) in [6.07, 6.45) is 2.84. The van der Waals surface area contributed by atoms with Gasteiger partial charge in [0.25, 0.3) is 0 Å². The minimum absolute atomic E-state index is 0. The van der Waals surface area contributed by atoms with E-state index in [2.05, 4.69) is 0 Å². The number of halogens is 1. The average Bonchev–Trinajstić information content (AvgIpc) is 2.06. The molecule has 0 aromatic rings. The lowest BCUT2D eigenvalue weighted by molar-refractivity contribution is -0.0437. The van der Waals surface area contributed by atoms with Gasteiger partial charge in [-0.1, -0.05) is 0 Å². The molecule has 1 aliphatic rings. The molecule has 0 bridgehead atoms. The van der Waals surface area contributed by atoms with E-state index in [1.54, 1.807) is 0 Å². The number of nitrogens with two attached hydrogens (primary N) is 1. The number of hydrogen-bond donors (Lipinski definition) is 1. The topological polar surface area (TPSA) is 78.6 Å². The summed E-state index contributed by atoms with van der Waals surface area (Å²) in [5.41, 5.74) is 5.77. The van der Waals surface area contributed by atoms with E-state index in [0.717, 1.165) is 19.1 Å². The summed E-state index contributed by atoms with van der Waals surface area (Å²) in [7, 11) is -3.06. The van der Waals surface area contributed by atoms with E-state index in [9.17, 15) is 8.42 Å². The van der Waals surface area contributed by atoms with E-state index in [1.807, 2.05) is 0 Å². The van der Waals surface area contributed by atoms with Crippen LogP contribution in [0.5, 0.6) is 0 Å². The lowest BCUT2D eigenvalue weighted by Gasteiger charge is -2.28. The first-order valence-corrected chi connectivity index (χ1v) is 6.68. The molecule has 15 heavy (non-hydrogen) atoms. The maximum atomic E-state index is 10.8. The van der Waals surface area contributed by atoms with Crippen LogP contribution in [0.15, 0.2) is 0 Å². The Morgan fingerprint density at radius 1 is 1.53 bits per heavy atom. The second kappa shape index (κ2) is 6.65. The minimum Gasteiger partial charge on any atom is -0.374 e. The van der Waals surface area contributed by atoms with Gasteiger partial charge in [-0.05, 0) is 12.8 Å². The van der Waals surface area contributed by atoms with Gasteiger partial charge in [-0.3, -0.25) is 0 Å². The Morgan fingerprint density at radius 3 is 2.73 bits per heavy atom. The van der Waals surface area contributed by atoms with Gasteiger partial charge in [-0.2, -0.15) is 0 Å². The molecule has 2 N–H and O–H groups in total. The smallest absolute Gasteiger partial charge is 0.171 e. The number of sulfone groups is 1. The molecule has 7 heteroatoms. The van der Waals surface area contributed by atoms with Crippen molar-refractivity contribution >= 4 is 22.2 Å². The Hall–Kier alpha value is 0.120. The second-order valence-corrected chi connectivity index (χ2v) is 5.72. The maximum Gasteiger partial charge on any atom is 0.171 e. The zero-order valence-electron chi connectivity index (χ0n) is 8.72. The maximum absolute atomic E-state index is 10.8. The zero-order valence-corrected chi connectivity index (χ0v) is 10.4. The van der Waals surface area contributed by atoms with Crippen molar-refractivity contribution in [3.05, 3.63) is 0 Å². The third-order valence-electron chi connectivity index (χ3n) is 2.07. The van der Waals surface area contributed by atoms with Crippen molar-refractivity contribution in [1.29, 1.82) is 0 Å². The lowest BCUT2D eigenvalue weighted by atomic mass is 10.0. The molecule has 92 valence electrons. The van der Waals surface area contributed by atoms with Crippen LogP contribution in [0.2, 0.25) is 0 Å². The molecule has 0 saturated carbocycles. The second-order valence-electron chi connectivity index (χ2n) is 3.63. The molecule has 2 atom stereocenters. The van der Waals surface area contributed by atoms with Crippen molar-refractivity contribution in [2.45, 2.75) is 25.0 Å². The fourth-order valence-electron chi connectivity index (χ4n) is 1.35. The van der Waals surface area contributed by atoms with Crippen LogP contribution in [-0.4, -0.2) is 46.0 Å². The van der Waals surface area contributed by atoms with Crippen molar-refractivity contribution in [3.63, 3.8) is 0 Å². The summed E-state index contributed by atoms with van der Waals surface area (Å²) in [5, 5.41) is 0. The standard InChI is InChI=1S/C8H17NO4S.ClH/c1-14(10,11)6-12-5-8-7(9)3-2-4-13-8;/h7-8H,2-6,9H2,1H3;1H. The van der Waals surface area contributed by atoms with Crippen molar-refractivity contribution < 1.29 is 17.9 Å². The van der Waals surface area contributed by atoms with E-state index in [0.29, 0.717) is 6.61 Å². The van der Waals surface area contributed by atoms with Gasteiger partial charge in [0, 0.05) is 18.9 Å². The molecule has 1 saturated heterocycles. The fourth-order valence-corrected chi connectivity index (χ4v) is 1.75. The predicted molar refractivity (Wildman–Crippen MR) is 59.9 cm³/mol. The molecule has 5 nitrogen and oxygen atoms in total. The molecular formula is C8H18ClNO4S. The third-order valence-corrected chi connectivity index (χ3v) is 2.67. The van der Waals surface area contributed by atoms with Crippen molar-refractivity contribution in [3.8, 4) is 0 Å². The number of rotatable bonds is 4. The van der Waals surface area contributed by atoms with Crippen LogP contribution in [0.3, 0.4) is 0 Å². The number of hydrogen-bond acceptors (Lipinski definition) is 5. The number of ether oxygens (including phenoxy) is 2. The van der Waals surface area contributed by atoms with Gasteiger partial charge in [-0.15, -0.1) is 12.4 Å². The summed E-state index contributed by atoms with van der Waals surface area (Å²) in [5.74, 6) is -0.264. The summed E-state index contributed by atoms with van der Waals surface area (Å²) >= 11 is 0. The van der Waals surface area contributed by atoms with Gasteiger partial charge >= 0.3 is 0 Å². The quantitative estimate of drug-likeness (QED) is 0.765. The lowest BCUT2D eigenvalue weighted by Crippen LogP contribution is -2.43. The molecule has 0 aliphatic carbocycles. The van der Waals surface area contributed by atoms with E-state index in [-0.39, 0.29) is 37.1 Å². The van der Waals surface area contributed by atoms with Crippen molar-refractivity contribution in [1.82, 2.24) is 0 Å². The van der Waals surface area contributed by atoms with Gasteiger partial charge in [0.1, 0.15) is 5.94 Å². The first kappa shape index (κ1) is 15.1. The molecule has 1 fully saturated rings. The Kier molecular flexibility index (Phi) is 6.70. The zero-order chi connectivity index (χ0) is 10.6. The average molecular weight is 260 g/mol. The fraction of sp³-hybridized carbons (Fsp3) is 1.00. The summed E-state index contributed by atoms with van der Waals surface area (Å²) in [4.78, 5) is 0. The predicted octanol–water partition coefficient (Wildman–Crippen LogP) is -0.0668. The highest BCUT2D eigenvalue weighted by Crippen LogP contribution is 2.12. The van der Waals surface area contributed by atoms with Gasteiger partial charge < -0.3 is 15.2 Å². The summed E-state index contributed by atoms with van der Waals surface area (Å²) < 4.78 is 31.9. The highest BCUT2D eigenvalue weighted by Gasteiger charge is 2.22. The summed E-state index contributed by atoms with van der Waals surface area (Å²) in [6.45, 7) is 0.939. The van der Waals surface area contributed by atoms with Crippen LogP contribution < -0.4 is 5.73 Å². The molecule has 0 aromatic heterocycles. The molecule has 1 rings (SSSR count). The monoisotopic (exact) mass is 259 g/mol. The van der Waals surface area contributed by atoms with Crippen LogP contribution >= 0.6 is 12.4 Å². The Labute approximate surface area is 96.6 Å². The highest BCUT2D eigenvalue weighted by atomic mass is 35.5. The SMILES string of the molecule is CS(=O)(=O)COCC1OCCCC1N.Cl. The molecule has 0 spiro atoms. The van der Waals surface area contributed by atoms with E-state index >= 15 is 0 Å². The van der Waals surface area contributed by atoms with Crippen LogP contribution in [0.1, 0.15) is 12.8 Å². The van der Waals surface area contributed by atoms with Gasteiger partial charge in [0.05, 0.1) is 12.7 Å². The normalized spacial score (nSPS) is 27.1. The van der Waals surface area contributed by atoms with Crippen LogP contribution in [0, 0.1) is 0 Å². The van der Waals surface area contributed by atoms with Gasteiger partial charge in [-0.25, -0.2) is 8.42 Å². The highest BCUT2D eigenvalue weighted by molar-refractivity contribution is 7.90. The van der Waals surface area contributed by atoms with E-state index in [1.165, 1.54) is 0 Å². The van der Waals surface area contributed by atoms with Crippen LogP contribution in [-0.2, 0) is 19.3 Å². The van der Waals surface area contributed by atoms with E-state index in [4.69, 9.17) is 15.2 Å². The first-order valence-electron chi connectivity index (χ1n) is 4.62. The Balaban J connectivity index is 0.00000196. The van der Waals surface area contributed by atoms with Crippen molar-refractivity contribution in [2.75, 3.05) is 25.4 Å². The molecular weight excluding hydrogens is 242 g/mol. The molecule has 0 aromatic carbocycles. The van der Waals surface area contributed by atoms with Gasteiger partial charge in [0.15, 0.2) is 9.84 Å². The molecule has 0 amide bonds. The first-order chi connectivity index (χ1) is 6.49. The molecule has 1 heterocycles. The molecule has 2 unspecified atom stereocenters. The Morgan fingerprint density at radius 2 is 2.20 bits per heavy atom. The van der Waals surface area contributed by atoms with Crippen LogP contribution in [0.25, 0.3) is 0 Å². The molecule has 1 aliphatic heterocycles. The largest absolute Gasteiger partial charge is 0.374 e.